The minimum Gasteiger partial charge on any atom is -0.351 e. The molecule has 3 nitrogen and oxygen atoms in total. The number of halogens is 1. The molecule has 1 unspecified atom stereocenters. The number of nitrogens with one attached hydrogen (secondary N) is 1. The Hall–Kier alpha value is -1.33. The van der Waals surface area contributed by atoms with Gasteiger partial charge in [0.15, 0.2) is 0 Å². The average molecular weight is 379 g/mol. The second-order valence-electron chi connectivity index (χ2n) is 5.32. The predicted octanol–water partition coefficient (Wildman–Crippen LogP) is 4.28. The predicted molar refractivity (Wildman–Crippen MR) is 94.7 cm³/mol. The second-order valence-corrected chi connectivity index (χ2v) is 7.45. The van der Waals surface area contributed by atoms with Crippen LogP contribution >= 0.6 is 27.7 Å². The highest BCUT2D eigenvalue weighted by molar-refractivity contribution is 9.10. The van der Waals surface area contributed by atoms with Gasteiger partial charge in [0.05, 0.1) is 5.25 Å². The Morgan fingerprint density at radius 1 is 1.32 bits per heavy atom. The quantitative estimate of drug-likeness (QED) is 0.762. The van der Waals surface area contributed by atoms with E-state index in [1.807, 2.05) is 36.4 Å². The van der Waals surface area contributed by atoms with Crippen LogP contribution in [0.25, 0.3) is 0 Å². The van der Waals surface area contributed by atoms with Gasteiger partial charge < -0.3 is 5.32 Å². The van der Waals surface area contributed by atoms with Crippen molar-refractivity contribution in [3.8, 4) is 0 Å². The summed E-state index contributed by atoms with van der Waals surface area (Å²) in [7, 11) is 0. The first-order valence-corrected chi connectivity index (χ1v) is 8.82. The molecule has 22 heavy (non-hydrogen) atoms. The van der Waals surface area contributed by atoms with E-state index in [4.69, 9.17) is 0 Å². The highest BCUT2D eigenvalue weighted by Crippen LogP contribution is 2.30. The van der Waals surface area contributed by atoms with Gasteiger partial charge in [-0.3, -0.25) is 9.78 Å². The third-order valence-electron chi connectivity index (χ3n) is 3.11. The molecule has 2 aromatic rings. The van der Waals surface area contributed by atoms with Crippen molar-refractivity contribution in [3.63, 3.8) is 0 Å². The summed E-state index contributed by atoms with van der Waals surface area (Å²) in [5.41, 5.74) is 1.01. The number of rotatable bonds is 6. The van der Waals surface area contributed by atoms with Crippen LogP contribution in [0.4, 0.5) is 0 Å². The minimum absolute atomic E-state index is 0.0591. The molecule has 0 saturated carbocycles. The molecular formula is C17H19BrN2OS. The molecule has 1 aromatic carbocycles. The number of benzene rings is 1. The number of nitrogens with zero attached hydrogens (tertiary/aromatic N) is 1. The maximum Gasteiger partial charge on any atom is 0.234 e. The molecule has 1 aromatic heterocycles. The zero-order valence-corrected chi connectivity index (χ0v) is 15.0. The van der Waals surface area contributed by atoms with Crippen LogP contribution in [-0.2, 0) is 11.3 Å². The zero-order chi connectivity index (χ0) is 15.9. The van der Waals surface area contributed by atoms with E-state index in [-0.39, 0.29) is 17.1 Å². The number of carbonyl (C=O) groups is 1. The maximum absolute atomic E-state index is 12.5. The van der Waals surface area contributed by atoms with E-state index < -0.39 is 0 Å². The fourth-order valence-corrected chi connectivity index (χ4v) is 3.63. The fourth-order valence-electron chi connectivity index (χ4n) is 1.97. The molecule has 0 spiro atoms. The maximum atomic E-state index is 12.5. The van der Waals surface area contributed by atoms with Crippen LogP contribution in [0.3, 0.4) is 0 Å². The van der Waals surface area contributed by atoms with E-state index in [9.17, 15) is 4.79 Å². The Kier molecular flexibility index (Phi) is 6.46. The largest absolute Gasteiger partial charge is 0.351 e. The molecule has 5 heteroatoms. The van der Waals surface area contributed by atoms with Gasteiger partial charge >= 0.3 is 0 Å². The number of amides is 1. The lowest BCUT2D eigenvalue weighted by Gasteiger charge is -2.20. The minimum atomic E-state index is -0.119. The SMILES string of the molecule is CC(C)C(Sc1cccc(Br)c1)C(=O)NCc1cccnc1. The molecule has 0 radical (unpaired) electrons. The number of aromatic nitrogens is 1. The monoisotopic (exact) mass is 378 g/mol. The van der Waals surface area contributed by atoms with Crippen LogP contribution in [0.1, 0.15) is 19.4 Å². The first-order chi connectivity index (χ1) is 10.6. The molecule has 0 bridgehead atoms. The van der Waals surface area contributed by atoms with Gasteiger partial charge in [-0.2, -0.15) is 0 Å². The molecule has 1 amide bonds. The van der Waals surface area contributed by atoms with Crippen LogP contribution in [-0.4, -0.2) is 16.1 Å². The molecule has 0 aliphatic carbocycles. The van der Waals surface area contributed by atoms with Crippen molar-refractivity contribution in [2.45, 2.75) is 30.5 Å². The molecule has 0 fully saturated rings. The number of pyridine rings is 1. The van der Waals surface area contributed by atoms with Crippen LogP contribution in [0.15, 0.2) is 58.2 Å². The van der Waals surface area contributed by atoms with Gasteiger partial charge in [0.1, 0.15) is 0 Å². The Morgan fingerprint density at radius 2 is 2.14 bits per heavy atom. The van der Waals surface area contributed by atoms with Gasteiger partial charge in [-0.15, -0.1) is 11.8 Å². The summed E-state index contributed by atoms with van der Waals surface area (Å²) in [6, 6.07) is 11.9. The van der Waals surface area contributed by atoms with Crippen molar-refractivity contribution < 1.29 is 4.79 Å². The van der Waals surface area contributed by atoms with Crippen molar-refractivity contribution in [3.05, 3.63) is 58.8 Å². The summed E-state index contributed by atoms with van der Waals surface area (Å²) >= 11 is 5.06. The lowest BCUT2D eigenvalue weighted by atomic mass is 10.1. The summed E-state index contributed by atoms with van der Waals surface area (Å²) in [6.45, 7) is 4.65. The molecule has 116 valence electrons. The molecule has 0 saturated heterocycles. The molecule has 1 heterocycles. The Labute approximate surface area is 144 Å². The van der Waals surface area contributed by atoms with E-state index in [1.165, 1.54) is 0 Å². The normalized spacial score (nSPS) is 12.2. The standard InChI is InChI=1S/C17H19BrN2OS/c1-12(2)16(22-15-7-3-6-14(18)9-15)17(21)20-11-13-5-4-8-19-10-13/h3-10,12,16H,11H2,1-2H3,(H,20,21). The molecule has 0 aliphatic heterocycles. The Balaban J connectivity index is 1.99. The van der Waals surface area contributed by atoms with Crippen LogP contribution < -0.4 is 5.32 Å². The van der Waals surface area contributed by atoms with E-state index in [0.717, 1.165) is 14.9 Å². The zero-order valence-electron chi connectivity index (χ0n) is 12.6. The first-order valence-electron chi connectivity index (χ1n) is 7.15. The van der Waals surface area contributed by atoms with Crippen molar-refractivity contribution in [2.75, 3.05) is 0 Å². The fraction of sp³-hybridized carbons (Fsp3) is 0.294. The second kappa shape index (κ2) is 8.34. The van der Waals surface area contributed by atoms with Gasteiger partial charge in [-0.25, -0.2) is 0 Å². The molecule has 2 rings (SSSR count). The van der Waals surface area contributed by atoms with E-state index in [0.29, 0.717) is 6.54 Å². The topological polar surface area (TPSA) is 42.0 Å². The van der Waals surface area contributed by atoms with Gasteiger partial charge in [-0.1, -0.05) is 41.9 Å². The van der Waals surface area contributed by atoms with Gasteiger partial charge in [0, 0.05) is 28.3 Å². The van der Waals surface area contributed by atoms with Gasteiger partial charge in [0.2, 0.25) is 5.91 Å². The van der Waals surface area contributed by atoms with Gasteiger partial charge in [-0.05, 0) is 35.7 Å². The molecule has 0 aliphatic rings. The van der Waals surface area contributed by atoms with Crippen LogP contribution in [0, 0.1) is 5.92 Å². The first kappa shape index (κ1) is 17.0. The summed E-state index contributed by atoms with van der Waals surface area (Å²) in [4.78, 5) is 17.6. The van der Waals surface area contributed by atoms with Crippen molar-refractivity contribution in [2.24, 2.45) is 5.92 Å². The van der Waals surface area contributed by atoms with Crippen LogP contribution in [0.5, 0.6) is 0 Å². The number of hydrogen-bond donors (Lipinski definition) is 1. The number of carbonyl (C=O) groups excluding carboxylic acids is 1. The van der Waals surface area contributed by atoms with Crippen molar-refractivity contribution >= 4 is 33.6 Å². The van der Waals surface area contributed by atoms with Crippen molar-refractivity contribution in [1.82, 2.24) is 10.3 Å². The van der Waals surface area contributed by atoms with Crippen molar-refractivity contribution in [1.29, 1.82) is 0 Å². The summed E-state index contributed by atoms with van der Waals surface area (Å²) in [6.07, 6.45) is 3.50. The lowest BCUT2D eigenvalue weighted by Crippen LogP contribution is -2.35. The third-order valence-corrected chi connectivity index (χ3v) is 5.14. The molecular weight excluding hydrogens is 360 g/mol. The smallest absolute Gasteiger partial charge is 0.234 e. The molecule has 1 N–H and O–H groups in total. The van der Waals surface area contributed by atoms with E-state index in [2.05, 4.69) is 40.1 Å². The highest BCUT2D eigenvalue weighted by Gasteiger charge is 2.23. The summed E-state index contributed by atoms with van der Waals surface area (Å²) in [5.74, 6) is 0.307. The number of thioether (sulfide) groups is 1. The molecule has 1 atom stereocenters. The van der Waals surface area contributed by atoms with E-state index >= 15 is 0 Å². The Bertz CT molecular complexity index is 619. The highest BCUT2D eigenvalue weighted by atomic mass is 79.9. The summed E-state index contributed by atoms with van der Waals surface area (Å²) < 4.78 is 1.02. The van der Waals surface area contributed by atoms with Gasteiger partial charge in [0.25, 0.3) is 0 Å². The summed E-state index contributed by atoms with van der Waals surface area (Å²) in [5, 5.41) is 2.88. The Morgan fingerprint density at radius 3 is 2.77 bits per heavy atom. The lowest BCUT2D eigenvalue weighted by molar-refractivity contribution is -0.121. The third kappa shape index (κ3) is 5.14. The van der Waals surface area contributed by atoms with Crippen LogP contribution in [0.2, 0.25) is 0 Å². The van der Waals surface area contributed by atoms with E-state index in [1.54, 1.807) is 24.2 Å². The average Bonchev–Trinajstić information content (AvgIpc) is 2.51. The number of hydrogen-bond acceptors (Lipinski definition) is 3.